The lowest BCUT2D eigenvalue weighted by atomic mass is 9.96. The molecule has 9 heteroatoms. The molecule has 190 valence electrons. The van der Waals surface area contributed by atoms with E-state index in [-0.39, 0.29) is 24.3 Å². The van der Waals surface area contributed by atoms with E-state index >= 15 is 0 Å². The molecule has 0 aliphatic carbocycles. The van der Waals surface area contributed by atoms with Gasteiger partial charge in [-0.2, -0.15) is 0 Å². The SMILES string of the molecule is COc1ccc(C(=O)N2CCC3(CC2)OC[C@@H](C(=O)N2CCCC2)N3C(=O)c2ccc(F)cc2)cc1. The quantitative estimate of drug-likeness (QED) is 0.652. The third-order valence-corrected chi connectivity index (χ3v) is 7.44. The lowest BCUT2D eigenvalue weighted by molar-refractivity contribution is -0.136. The molecule has 3 fully saturated rings. The molecule has 0 aromatic heterocycles. The van der Waals surface area contributed by atoms with Crippen molar-refractivity contribution in [3.8, 4) is 5.75 Å². The molecule has 1 spiro atoms. The average molecular weight is 496 g/mol. The van der Waals surface area contributed by atoms with Gasteiger partial charge in [0.1, 0.15) is 23.3 Å². The van der Waals surface area contributed by atoms with Crippen molar-refractivity contribution in [2.24, 2.45) is 0 Å². The molecule has 0 radical (unpaired) electrons. The fourth-order valence-corrected chi connectivity index (χ4v) is 5.41. The van der Waals surface area contributed by atoms with Crippen LogP contribution in [-0.2, 0) is 9.53 Å². The Kier molecular flexibility index (Phi) is 6.66. The van der Waals surface area contributed by atoms with Crippen LogP contribution in [0.15, 0.2) is 48.5 Å². The van der Waals surface area contributed by atoms with Gasteiger partial charge >= 0.3 is 0 Å². The minimum atomic E-state index is -0.998. The first-order valence-corrected chi connectivity index (χ1v) is 12.4. The molecule has 0 bridgehead atoms. The number of halogens is 1. The van der Waals surface area contributed by atoms with E-state index in [1.807, 2.05) is 0 Å². The van der Waals surface area contributed by atoms with Gasteiger partial charge in [-0.15, -0.1) is 0 Å². The number of carbonyl (C=O) groups excluding carboxylic acids is 3. The van der Waals surface area contributed by atoms with Crippen molar-refractivity contribution in [1.82, 2.24) is 14.7 Å². The topological polar surface area (TPSA) is 79.4 Å². The highest BCUT2D eigenvalue weighted by Gasteiger charge is 2.55. The van der Waals surface area contributed by atoms with Crippen molar-refractivity contribution in [2.75, 3.05) is 39.9 Å². The molecule has 0 N–H and O–H groups in total. The maximum absolute atomic E-state index is 13.7. The van der Waals surface area contributed by atoms with Crippen molar-refractivity contribution in [1.29, 1.82) is 0 Å². The molecular weight excluding hydrogens is 465 g/mol. The molecule has 3 aliphatic rings. The maximum atomic E-state index is 13.7. The average Bonchev–Trinajstić information content (AvgIpc) is 3.58. The van der Waals surface area contributed by atoms with Crippen LogP contribution in [0.1, 0.15) is 46.4 Å². The highest BCUT2D eigenvalue weighted by Crippen LogP contribution is 2.39. The molecule has 3 aliphatic heterocycles. The van der Waals surface area contributed by atoms with E-state index in [1.54, 1.807) is 46.1 Å². The zero-order valence-electron chi connectivity index (χ0n) is 20.3. The van der Waals surface area contributed by atoms with Crippen LogP contribution in [0.2, 0.25) is 0 Å². The zero-order valence-corrected chi connectivity index (χ0v) is 20.3. The molecule has 0 unspecified atom stereocenters. The second-order valence-electron chi connectivity index (χ2n) is 9.51. The van der Waals surface area contributed by atoms with Crippen LogP contribution in [-0.4, -0.2) is 84.1 Å². The molecule has 2 aromatic carbocycles. The van der Waals surface area contributed by atoms with Gasteiger partial charge in [-0.05, 0) is 61.4 Å². The predicted molar refractivity (Wildman–Crippen MR) is 129 cm³/mol. The monoisotopic (exact) mass is 495 g/mol. The number of ether oxygens (including phenoxy) is 2. The molecule has 3 amide bonds. The van der Waals surface area contributed by atoms with E-state index in [2.05, 4.69) is 0 Å². The summed E-state index contributed by atoms with van der Waals surface area (Å²) in [4.78, 5) is 45.3. The van der Waals surface area contributed by atoms with Crippen molar-refractivity contribution in [3.63, 3.8) is 0 Å². The van der Waals surface area contributed by atoms with Gasteiger partial charge in [-0.3, -0.25) is 19.3 Å². The van der Waals surface area contributed by atoms with Crippen LogP contribution in [0, 0.1) is 5.82 Å². The van der Waals surface area contributed by atoms with Crippen LogP contribution in [0.3, 0.4) is 0 Å². The highest BCUT2D eigenvalue weighted by atomic mass is 19.1. The molecule has 5 rings (SSSR count). The summed E-state index contributed by atoms with van der Waals surface area (Å²) in [5.41, 5.74) is -0.139. The van der Waals surface area contributed by atoms with Gasteiger partial charge in [0, 0.05) is 50.1 Å². The van der Waals surface area contributed by atoms with Crippen LogP contribution in [0.5, 0.6) is 5.75 Å². The van der Waals surface area contributed by atoms with E-state index in [4.69, 9.17) is 9.47 Å². The Labute approximate surface area is 209 Å². The molecule has 1 atom stereocenters. The third-order valence-electron chi connectivity index (χ3n) is 7.44. The molecule has 3 heterocycles. The number of hydrogen-bond donors (Lipinski definition) is 0. The van der Waals surface area contributed by atoms with Gasteiger partial charge in [0.05, 0.1) is 13.7 Å². The molecule has 0 saturated carbocycles. The molecular formula is C27H30FN3O5. The maximum Gasteiger partial charge on any atom is 0.256 e. The number of rotatable bonds is 4. The van der Waals surface area contributed by atoms with Gasteiger partial charge in [0.2, 0.25) is 5.91 Å². The van der Waals surface area contributed by atoms with E-state index < -0.39 is 17.6 Å². The number of nitrogens with zero attached hydrogens (tertiary/aromatic N) is 3. The lowest BCUT2D eigenvalue weighted by Gasteiger charge is -2.44. The van der Waals surface area contributed by atoms with Gasteiger partial charge < -0.3 is 19.3 Å². The molecule has 3 saturated heterocycles. The van der Waals surface area contributed by atoms with Crippen molar-refractivity contribution in [2.45, 2.75) is 37.5 Å². The minimum Gasteiger partial charge on any atom is -0.497 e. The Hall–Kier alpha value is -3.46. The molecule has 36 heavy (non-hydrogen) atoms. The Bertz CT molecular complexity index is 1120. The van der Waals surface area contributed by atoms with Gasteiger partial charge in [0.25, 0.3) is 11.8 Å². The summed E-state index contributed by atoms with van der Waals surface area (Å²) in [7, 11) is 1.57. The summed E-state index contributed by atoms with van der Waals surface area (Å²) in [5.74, 6) is -0.343. The van der Waals surface area contributed by atoms with E-state index in [0.717, 1.165) is 12.8 Å². The van der Waals surface area contributed by atoms with E-state index in [0.29, 0.717) is 55.9 Å². The lowest BCUT2D eigenvalue weighted by Crippen LogP contribution is -2.60. The Morgan fingerprint density at radius 3 is 2.06 bits per heavy atom. The first-order chi connectivity index (χ1) is 17.4. The standard InChI is InChI=1S/C27H30FN3O5/c1-35-22-10-6-19(7-11-22)24(32)30-16-12-27(13-17-30)31(25(33)20-4-8-21(28)9-5-20)23(18-36-27)26(34)29-14-2-3-15-29/h4-11,23H,2-3,12-18H2,1H3/t23-/m0/s1. The summed E-state index contributed by atoms with van der Waals surface area (Å²) in [6.45, 7) is 2.20. The molecule has 8 nitrogen and oxygen atoms in total. The fourth-order valence-electron chi connectivity index (χ4n) is 5.41. The highest BCUT2D eigenvalue weighted by molar-refractivity contribution is 5.98. The van der Waals surface area contributed by atoms with Crippen LogP contribution in [0.25, 0.3) is 0 Å². The van der Waals surface area contributed by atoms with Crippen LogP contribution >= 0.6 is 0 Å². The number of hydrogen-bond acceptors (Lipinski definition) is 5. The van der Waals surface area contributed by atoms with Gasteiger partial charge in [-0.25, -0.2) is 4.39 Å². The summed E-state index contributed by atoms with van der Waals surface area (Å²) in [6, 6.07) is 11.6. The zero-order chi connectivity index (χ0) is 25.3. The predicted octanol–water partition coefficient (Wildman–Crippen LogP) is 2.93. The number of carbonyl (C=O) groups is 3. The second-order valence-corrected chi connectivity index (χ2v) is 9.51. The summed E-state index contributed by atoms with van der Waals surface area (Å²) in [6.07, 6.45) is 2.65. The smallest absolute Gasteiger partial charge is 0.256 e. The fraction of sp³-hybridized carbons (Fsp3) is 0.444. The van der Waals surface area contributed by atoms with Crippen molar-refractivity contribution in [3.05, 3.63) is 65.5 Å². The van der Waals surface area contributed by atoms with E-state index in [9.17, 15) is 18.8 Å². The van der Waals surface area contributed by atoms with Gasteiger partial charge in [0.15, 0.2) is 0 Å². The van der Waals surface area contributed by atoms with Crippen LogP contribution in [0.4, 0.5) is 4.39 Å². The number of piperidine rings is 1. The first-order valence-electron chi connectivity index (χ1n) is 12.4. The third kappa shape index (κ3) is 4.43. The van der Waals surface area contributed by atoms with Crippen molar-refractivity contribution < 1.29 is 28.2 Å². The van der Waals surface area contributed by atoms with Crippen molar-refractivity contribution >= 4 is 17.7 Å². The number of likely N-dealkylation sites (tertiary alicyclic amines) is 2. The largest absolute Gasteiger partial charge is 0.497 e. The minimum absolute atomic E-state index is 0.105. The Morgan fingerprint density at radius 2 is 1.44 bits per heavy atom. The van der Waals surface area contributed by atoms with Crippen LogP contribution < -0.4 is 4.74 Å². The number of amides is 3. The summed E-state index contributed by atoms with van der Waals surface area (Å²) < 4.78 is 24.9. The second kappa shape index (κ2) is 9.89. The summed E-state index contributed by atoms with van der Waals surface area (Å²) in [5, 5.41) is 0. The Balaban J connectivity index is 1.37. The van der Waals surface area contributed by atoms with E-state index in [1.165, 1.54) is 24.3 Å². The summed E-state index contributed by atoms with van der Waals surface area (Å²) >= 11 is 0. The number of benzene rings is 2. The molecule has 2 aromatic rings. The van der Waals surface area contributed by atoms with Gasteiger partial charge in [-0.1, -0.05) is 0 Å². The number of methoxy groups -OCH3 is 1. The Morgan fingerprint density at radius 1 is 0.861 bits per heavy atom. The normalized spacial score (nSPS) is 21.2. The first kappa shape index (κ1) is 24.2.